The van der Waals surface area contributed by atoms with Crippen molar-refractivity contribution in [2.75, 3.05) is 12.3 Å². The molecule has 0 bridgehead atoms. The molecule has 82 valence electrons. The van der Waals surface area contributed by atoms with Crippen molar-refractivity contribution < 1.29 is 14.6 Å². The van der Waals surface area contributed by atoms with Crippen molar-refractivity contribution in [2.45, 2.75) is 25.2 Å². The molecule has 15 heavy (non-hydrogen) atoms. The summed E-state index contributed by atoms with van der Waals surface area (Å²) in [5.41, 5.74) is 6.24. The number of ether oxygens (including phenoxy) is 2. The number of aliphatic hydroxyl groups is 1. The summed E-state index contributed by atoms with van der Waals surface area (Å²) in [5.74, 6) is 0.662. The summed E-state index contributed by atoms with van der Waals surface area (Å²) in [7, 11) is 0. The molecular weight excluding hydrogens is 194 g/mol. The molecular formula is C11H15NO3. The van der Waals surface area contributed by atoms with Crippen LogP contribution in [0.3, 0.4) is 0 Å². The van der Waals surface area contributed by atoms with Gasteiger partial charge in [-0.25, -0.2) is 0 Å². The lowest BCUT2D eigenvalue weighted by atomic mass is 10.1. The largest absolute Gasteiger partial charge is 0.462 e. The van der Waals surface area contributed by atoms with Crippen LogP contribution in [0.15, 0.2) is 24.3 Å². The van der Waals surface area contributed by atoms with Crippen LogP contribution in [0.5, 0.6) is 5.75 Å². The predicted molar refractivity (Wildman–Crippen MR) is 56.5 cm³/mol. The predicted octanol–water partition coefficient (Wildman–Crippen LogP) is 1.15. The highest BCUT2D eigenvalue weighted by atomic mass is 16.7. The summed E-state index contributed by atoms with van der Waals surface area (Å²) in [4.78, 5) is 0. The number of hydrogen-bond acceptors (Lipinski definition) is 4. The van der Waals surface area contributed by atoms with Gasteiger partial charge in [0.05, 0.1) is 6.61 Å². The number of hydrogen-bond donors (Lipinski definition) is 2. The van der Waals surface area contributed by atoms with Gasteiger partial charge in [0.2, 0.25) is 6.29 Å². The number of rotatable bonds is 2. The molecule has 4 nitrogen and oxygen atoms in total. The molecule has 3 N–H and O–H groups in total. The first-order chi connectivity index (χ1) is 7.25. The first kappa shape index (κ1) is 10.3. The molecule has 1 aliphatic heterocycles. The van der Waals surface area contributed by atoms with Gasteiger partial charge in [0.25, 0.3) is 0 Å². The van der Waals surface area contributed by atoms with Crippen molar-refractivity contribution in [1.82, 2.24) is 0 Å². The Hall–Kier alpha value is -1.26. The Morgan fingerprint density at radius 2 is 2.07 bits per heavy atom. The highest BCUT2D eigenvalue weighted by molar-refractivity contribution is 5.41. The van der Waals surface area contributed by atoms with E-state index in [1.807, 2.05) is 0 Å². The van der Waals surface area contributed by atoms with Crippen molar-refractivity contribution in [3.63, 3.8) is 0 Å². The molecule has 2 rings (SSSR count). The Morgan fingerprint density at radius 1 is 1.33 bits per heavy atom. The Labute approximate surface area is 88.6 Å². The standard InChI is InChI=1S/C11H15NO3/c12-8-3-5-9(6-4-8)15-11-10(13)2-1-7-14-11/h3-6,10-11,13H,1-2,7,12H2/t10?,11-/m1/s1. The maximum Gasteiger partial charge on any atom is 0.226 e. The fraction of sp³-hybridized carbons (Fsp3) is 0.455. The number of benzene rings is 1. The summed E-state index contributed by atoms with van der Waals surface area (Å²) in [6.45, 7) is 0.636. The van der Waals surface area contributed by atoms with Crippen LogP contribution in [0.2, 0.25) is 0 Å². The molecule has 1 aliphatic rings. The van der Waals surface area contributed by atoms with Crippen LogP contribution in [0.25, 0.3) is 0 Å². The summed E-state index contributed by atoms with van der Waals surface area (Å²) >= 11 is 0. The molecule has 1 saturated heterocycles. The molecule has 1 unspecified atom stereocenters. The van der Waals surface area contributed by atoms with Gasteiger partial charge >= 0.3 is 0 Å². The first-order valence-corrected chi connectivity index (χ1v) is 5.07. The third-order valence-corrected chi connectivity index (χ3v) is 2.37. The average Bonchev–Trinajstić information content (AvgIpc) is 2.25. The lowest BCUT2D eigenvalue weighted by molar-refractivity contribution is -0.170. The number of aliphatic hydroxyl groups excluding tert-OH is 1. The number of anilines is 1. The van der Waals surface area contributed by atoms with Crippen LogP contribution in [-0.4, -0.2) is 24.1 Å². The number of nitrogens with two attached hydrogens (primary N) is 1. The van der Waals surface area contributed by atoms with Crippen LogP contribution >= 0.6 is 0 Å². The molecule has 1 aromatic rings. The SMILES string of the molecule is Nc1ccc(O[C@H]2OCCCC2O)cc1. The highest BCUT2D eigenvalue weighted by Gasteiger charge is 2.25. The second-order valence-electron chi connectivity index (χ2n) is 3.64. The zero-order valence-electron chi connectivity index (χ0n) is 8.43. The normalized spacial score (nSPS) is 26.2. The lowest BCUT2D eigenvalue weighted by Gasteiger charge is -2.28. The average molecular weight is 209 g/mol. The van der Waals surface area contributed by atoms with Crippen molar-refractivity contribution >= 4 is 5.69 Å². The molecule has 0 radical (unpaired) electrons. The van der Waals surface area contributed by atoms with Gasteiger partial charge in [-0.3, -0.25) is 0 Å². The van der Waals surface area contributed by atoms with Gasteiger partial charge in [0.1, 0.15) is 11.9 Å². The van der Waals surface area contributed by atoms with Gasteiger partial charge in [-0.1, -0.05) is 0 Å². The molecule has 1 heterocycles. The van der Waals surface area contributed by atoms with E-state index in [1.54, 1.807) is 24.3 Å². The van der Waals surface area contributed by atoms with E-state index in [0.717, 1.165) is 12.8 Å². The molecule has 0 saturated carbocycles. The zero-order chi connectivity index (χ0) is 10.7. The van der Waals surface area contributed by atoms with Gasteiger partial charge in [0, 0.05) is 5.69 Å². The molecule has 0 aliphatic carbocycles. The van der Waals surface area contributed by atoms with E-state index in [2.05, 4.69) is 0 Å². The molecule has 1 aromatic carbocycles. The molecule has 2 atom stereocenters. The summed E-state index contributed by atoms with van der Waals surface area (Å²) in [6.07, 6.45) is 0.501. The van der Waals surface area contributed by atoms with E-state index >= 15 is 0 Å². The van der Waals surface area contributed by atoms with E-state index in [0.29, 0.717) is 18.0 Å². The van der Waals surface area contributed by atoms with Gasteiger partial charge in [-0.05, 0) is 37.1 Å². The smallest absolute Gasteiger partial charge is 0.226 e. The molecule has 0 amide bonds. The van der Waals surface area contributed by atoms with Crippen molar-refractivity contribution in [2.24, 2.45) is 0 Å². The van der Waals surface area contributed by atoms with E-state index in [-0.39, 0.29) is 0 Å². The van der Waals surface area contributed by atoms with Crippen LogP contribution in [-0.2, 0) is 4.74 Å². The van der Waals surface area contributed by atoms with E-state index in [9.17, 15) is 5.11 Å². The van der Waals surface area contributed by atoms with Crippen LogP contribution < -0.4 is 10.5 Å². The Bertz CT molecular complexity index is 312. The second-order valence-corrected chi connectivity index (χ2v) is 3.64. The number of nitrogen functional groups attached to an aromatic ring is 1. The Morgan fingerprint density at radius 3 is 2.73 bits per heavy atom. The van der Waals surface area contributed by atoms with Crippen LogP contribution in [0.4, 0.5) is 5.69 Å². The van der Waals surface area contributed by atoms with Gasteiger partial charge in [-0.2, -0.15) is 0 Å². The third kappa shape index (κ3) is 2.61. The zero-order valence-corrected chi connectivity index (χ0v) is 8.43. The monoisotopic (exact) mass is 209 g/mol. The maximum atomic E-state index is 9.61. The highest BCUT2D eigenvalue weighted by Crippen LogP contribution is 2.20. The Balaban J connectivity index is 1.98. The summed E-state index contributed by atoms with van der Waals surface area (Å²) in [5, 5.41) is 9.61. The van der Waals surface area contributed by atoms with E-state index in [1.165, 1.54) is 0 Å². The minimum atomic E-state index is -0.553. The minimum Gasteiger partial charge on any atom is -0.462 e. The van der Waals surface area contributed by atoms with Crippen LogP contribution in [0.1, 0.15) is 12.8 Å². The van der Waals surface area contributed by atoms with Crippen molar-refractivity contribution in [3.05, 3.63) is 24.3 Å². The summed E-state index contributed by atoms with van der Waals surface area (Å²) < 4.78 is 10.8. The topological polar surface area (TPSA) is 64.7 Å². The molecule has 4 heteroatoms. The maximum absolute atomic E-state index is 9.61. The van der Waals surface area contributed by atoms with E-state index in [4.69, 9.17) is 15.2 Å². The molecule has 0 aromatic heterocycles. The van der Waals surface area contributed by atoms with E-state index < -0.39 is 12.4 Å². The van der Waals surface area contributed by atoms with Gasteiger partial charge in [-0.15, -0.1) is 0 Å². The van der Waals surface area contributed by atoms with Gasteiger partial charge in [0.15, 0.2) is 0 Å². The fourth-order valence-electron chi connectivity index (χ4n) is 1.53. The van der Waals surface area contributed by atoms with Crippen molar-refractivity contribution in [1.29, 1.82) is 0 Å². The van der Waals surface area contributed by atoms with Crippen LogP contribution in [0, 0.1) is 0 Å². The fourth-order valence-corrected chi connectivity index (χ4v) is 1.53. The third-order valence-electron chi connectivity index (χ3n) is 2.37. The molecule has 0 spiro atoms. The Kier molecular flexibility index (Phi) is 3.08. The first-order valence-electron chi connectivity index (χ1n) is 5.07. The summed E-state index contributed by atoms with van der Waals surface area (Å²) in [6, 6.07) is 7.04. The second kappa shape index (κ2) is 4.51. The van der Waals surface area contributed by atoms with Crippen molar-refractivity contribution in [3.8, 4) is 5.75 Å². The minimum absolute atomic E-state index is 0.545. The quantitative estimate of drug-likeness (QED) is 0.717. The van der Waals surface area contributed by atoms with Gasteiger partial charge < -0.3 is 20.3 Å². The lowest BCUT2D eigenvalue weighted by Crippen LogP contribution is -2.38. The molecule has 1 fully saturated rings.